The van der Waals surface area contributed by atoms with Gasteiger partial charge in [-0.05, 0) is 6.08 Å². The minimum absolute atomic E-state index is 0.0725. The maximum Gasteiger partial charge on any atom is 0.453 e. The molecule has 1 aliphatic heterocycles. The lowest BCUT2D eigenvalue weighted by Gasteiger charge is -2.19. The number of alkyl halides is 5. The second kappa shape index (κ2) is 7.94. The molecule has 1 aromatic rings. The first kappa shape index (κ1) is 21.9. The summed E-state index contributed by atoms with van der Waals surface area (Å²) in [5, 5.41) is 0. The van der Waals surface area contributed by atoms with Gasteiger partial charge in [0.05, 0.1) is 29.2 Å². The number of hydrogen-bond donors (Lipinski definition) is 0. The number of aryl methyl sites for hydroxylation is 1. The smallest absolute Gasteiger partial charge is 0.299 e. The van der Waals surface area contributed by atoms with E-state index >= 15 is 0 Å². The van der Waals surface area contributed by atoms with Gasteiger partial charge in [-0.1, -0.05) is 19.1 Å². The third kappa shape index (κ3) is 4.72. The van der Waals surface area contributed by atoms with Gasteiger partial charge in [-0.3, -0.25) is 14.4 Å². The third-order valence-corrected chi connectivity index (χ3v) is 5.65. The van der Waals surface area contributed by atoms with E-state index in [1.165, 1.54) is 19.1 Å². The van der Waals surface area contributed by atoms with Crippen molar-refractivity contribution in [1.82, 2.24) is 9.55 Å². The summed E-state index contributed by atoms with van der Waals surface area (Å²) in [6, 6.07) is 0.856. The Labute approximate surface area is 157 Å². The topological polar surface area (TPSA) is 81.4 Å². The minimum Gasteiger partial charge on any atom is -0.299 e. The standard InChI is InChI=1S/C16H16F5N3O3S/c1-2-28(26,27)12-5-3-4-7-22-14(12)11-9-13(25)24(10-23-11)8-6-15(17,18)16(19,20)21/h3-5,9-10H,2,6-8H2,1H3. The lowest BCUT2D eigenvalue weighted by atomic mass is 10.2. The minimum atomic E-state index is -5.72. The lowest BCUT2D eigenvalue weighted by Crippen LogP contribution is -2.38. The predicted molar refractivity (Wildman–Crippen MR) is 92.2 cm³/mol. The summed E-state index contributed by atoms with van der Waals surface area (Å²) >= 11 is 0. The van der Waals surface area contributed by atoms with Crippen molar-refractivity contribution in [2.24, 2.45) is 4.99 Å². The monoisotopic (exact) mass is 425 g/mol. The van der Waals surface area contributed by atoms with Gasteiger partial charge in [0, 0.05) is 19.0 Å². The maximum absolute atomic E-state index is 13.0. The van der Waals surface area contributed by atoms with Crippen LogP contribution in [0.15, 0.2) is 45.3 Å². The van der Waals surface area contributed by atoms with Crippen molar-refractivity contribution in [2.75, 3.05) is 12.3 Å². The SMILES string of the molecule is CCS(=O)(=O)C1=CC=CCN=C1c1cc(=O)n(CCC(F)(F)C(F)(F)F)cn1. The molecule has 0 bridgehead atoms. The molecule has 0 fully saturated rings. The molecule has 0 aliphatic carbocycles. The fourth-order valence-electron chi connectivity index (χ4n) is 2.26. The Morgan fingerprint density at radius 3 is 2.46 bits per heavy atom. The highest BCUT2D eigenvalue weighted by Gasteiger charge is 2.56. The number of sulfone groups is 1. The van der Waals surface area contributed by atoms with Crippen molar-refractivity contribution in [3.8, 4) is 0 Å². The normalized spacial score (nSPS) is 15.8. The van der Waals surface area contributed by atoms with Crippen molar-refractivity contribution in [3.63, 3.8) is 0 Å². The van der Waals surface area contributed by atoms with Gasteiger partial charge in [0.25, 0.3) is 5.56 Å². The number of rotatable bonds is 6. The number of aliphatic imine (C=N–C) groups is 1. The molecule has 0 saturated heterocycles. The zero-order chi connectivity index (χ0) is 21.2. The Kier molecular flexibility index (Phi) is 6.21. The van der Waals surface area contributed by atoms with Gasteiger partial charge >= 0.3 is 12.1 Å². The van der Waals surface area contributed by atoms with E-state index in [-0.39, 0.29) is 28.6 Å². The van der Waals surface area contributed by atoms with Crippen molar-refractivity contribution < 1.29 is 30.4 Å². The maximum atomic E-state index is 13.0. The van der Waals surface area contributed by atoms with Crippen LogP contribution in [0.25, 0.3) is 0 Å². The zero-order valence-corrected chi connectivity index (χ0v) is 15.4. The molecule has 2 rings (SSSR count). The second-order valence-corrected chi connectivity index (χ2v) is 8.06. The van der Waals surface area contributed by atoms with Crippen LogP contribution in [0.1, 0.15) is 19.0 Å². The van der Waals surface area contributed by atoms with E-state index in [4.69, 9.17) is 0 Å². The van der Waals surface area contributed by atoms with E-state index in [0.29, 0.717) is 4.57 Å². The van der Waals surface area contributed by atoms with Gasteiger partial charge in [-0.15, -0.1) is 0 Å². The van der Waals surface area contributed by atoms with Crippen molar-refractivity contribution >= 4 is 15.5 Å². The van der Waals surface area contributed by atoms with E-state index in [1.54, 1.807) is 6.08 Å². The van der Waals surface area contributed by atoms with Gasteiger partial charge < -0.3 is 0 Å². The molecule has 0 amide bonds. The van der Waals surface area contributed by atoms with Crippen LogP contribution in [0.4, 0.5) is 22.0 Å². The molecule has 0 spiro atoms. The van der Waals surface area contributed by atoms with E-state index in [0.717, 1.165) is 12.4 Å². The molecule has 12 heteroatoms. The molecule has 1 aliphatic rings. The predicted octanol–water partition coefficient (Wildman–Crippen LogP) is 2.51. The van der Waals surface area contributed by atoms with Gasteiger partial charge in [0.15, 0.2) is 9.84 Å². The first-order valence-electron chi connectivity index (χ1n) is 8.05. The summed E-state index contributed by atoms with van der Waals surface area (Å²) in [4.78, 5) is 19.9. The molecule has 0 atom stereocenters. The molecular weight excluding hydrogens is 409 g/mol. The van der Waals surface area contributed by atoms with Gasteiger partial charge in [-0.25, -0.2) is 13.4 Å². The summed E-state index contributed by atoms with van der Waals surface area (Å²) in [5.41, 5.74) is -1.09. The quantitative estimate of drug-likeness (QED) is 0.656. The summed E-state index contributed by atoms with van der Waals surface area (Å²) in [6.07, 6.45) is -2.18. The summed E-state index contributed by atoms with van der Waals surface area (Å²) < 4.78 is 87.9. The molecule has 1 aromatic heterocycles. The Balaban J connectivity index is 2.34. The highest BCUT2D eigenvalue weighted by molar-refractivity contribution is 7.96. The average Bonchev–Trinajstić information content (AvgIpc) is 2.86. The van der Waals surface area contributed by atoms with Crippen LogP contribution in [0.2, 0.25) is 0 Å². The van der Waals surface area contributed by atoms with Crippen molar-refractivity contribution in [1.29, 1.82) is 0 Å². The Morgan fingerprint density at radius 1 is 1.21 bits per heavy atom. The zero-order valence-electron chi connectivity index (χ0n) is 14.6. The highest BCUT2D eigenvalue weighted by Crippen LogP contribution is 2.38. The molecule has 0 N–H and O–H groups in total. The third-order valence-electron chi connectivity index (χ3n) is 3.89. The number of nitrogens with zero attached hydrogens (tertiary/aromatic N) is 3. The molecule has 0 saturated carbocycles. The molecule has 154 valence electrons. The van der Waals surface area contributed by atoms with Gasteiger partial charge in [0.2, 0.25) is 0 Å². The molecule has 0 aromatic carbocycles. The average molecular weight is 425 g/mol. The van der Waals surface area contributed by atoms with E-state index in [2.05, 4.69) is 9.98 Å². The Morgan fingerprint density at radius 2 is 1.89 bits per heavy atom. The van der Waals surface area contributed by atoms with Crippen molar-refractivity contribution in [3.05, 3.63) is 51.6 Å². The number of halogens is 5. The summed E-state index contributed by atoms with van der Waals surface area (Å²) in [5.74, 6) is -5.18. The van der Waals surface area contributed by atoms with Crippen LogP contribution < -0.4 is 5.56 Å². The molecule has 2 heterocycles. The Bertz CT molecular complexity index is 992. The molecular formula is C16H16F5N3O3S. The fraction of sp³-hybridized carbons (Fsp3) is 0.438. The van der Waals surface area contributed by atoms with Crippen LogP contribution in [0.5, 0.6) is 0 Å². The fourth-order valence-corrected chi connectivity index (χ4v) is 3.32. The second-order valence-electron chi connectivity index (χ2n) is 5.81. The number of allylic oxidation sites excluding steroid dienone is 3. The molecule has 0 unspecified atom stereocenters. The van der Waals surface area contributed by atoms with Crippen LogP contribution in [-0.4, -0.2) is 48.1 Å². The number of hydrogen-bond acceptors (Lipinski definition) is 5. The lowest BCUT2D eigenvalue weighted by molar-refractivity contribution is -0.285. The first-order chi connectivity index (χ1) is 12.9. The molecule has 28 heavy (non-hydrogen) atoms. The molecule has 0 radical (unpaired) electrons. The number of aromatic nitrogens is 2. The molecule has 6 nitrogen and oxygen atoms in total. The van der Waals surface area contributed by atoms with Crippen LogP contribution in [0.3, 0.4) is 0 Å². The summed E-state index contributed by atoms with van der Waals surface area (Å²) in [7, 11) is -3.70. The Hall–Kier alpha value is -2.37. The highest BCUT2D eigenvalue weighted by atomic mass is 32.2. The van der Waals surface area contributed by atoms with Gasteiger partial charge in [0.1, 0.15) is 5.71 Å². The van der Waals surface area contributed by atoms with Crippen LogP contribution in [0, 0.1) is 0 Å². The van der Waals surface area contributed by atoms with E-state index < -0.39 is 40.5 Å². The largest absolute Gasteiger partial charge is 0.453 e. The van der Waals surface area contributed by atoms with Crippen LogP contribution >= 0.6 is 0 Å². The first-order valence-corrected chi connectivity index (χ1v) is 9.70. The van der Waals surface area contributed by atoms with E-state index in [1.807, 2.05) is 0 Å². The summed E-state index contributed by atoms with van der Waals surface area (Å²) in [6.45, 7) is 0.633. The van der Waals surface area contributed by atoms with E-state index in [9.17, 15) is 35.2 Å². The van der Waals surface area contributed by atoms with Crippen molar-refractivity contribution in [2.45, 2.75) is 32.0 Å². The van der Waals surface area contributed by atoms with Crippen LogP contribution in [-0.2, 0) is 16.4 Å². The van der Waals surface area contributed by atoms with Gasteiger partial charge in [-0.2, -0.15) is 22.0 Å².